The van der Waals surface area contributed by atoms with Crippen molar-refractivity contribution in [1.29, 1.82) is 0 Å². The second kappa shape index (κ2) is 8.41. The van der Waals surface area contributed by atoms with Crippen LogP contribution in [0.3, 0.4) is 0 Å². The summed E-state index contributed by atoms with van der Waals surface area (Å²) in [7, 11) is 3.25. The summed E-state index contributed by atoms with van der Waals surface area (Å²) in [6, 6.07) is 14.3. The van der Waals surface area contributed by atoms with Crippen LogP contribution in [0, 0.1) is 0 Å². The predicted octanol–water partition coefficient (Wildman–Crippen LogP) is 5.05. The average molecular weight is 373 g/mol. The standard InChI is InChI=1S/C21H28N2O2S/c1-14(15-7-9-16(10-8-15)21(2,3)4)22-20(26)23-18-12-11-17(24-5)13-19(18)25-6/h7-14H,1-6H3,(H2,22,23,26). The lowest BCUT2D eigenvalue weighted by molar-refractivity contribution is 0.395. The lowest BCUT2D eigenvalue weighted by Crippen LogP contribution is -2.31. The van der Waals surface area contributed by atoms with Crippen molar-refractivity contribution in [2.75, 3.05) is 19.5 Å². The highest BCUT2D eigenvalue weighted by molar-refractivity contribution is 7.80. The van der Waals surface area contributed by atoms with Crippen LogP contribution < -0.4 is 20.1 Å². The first kappa shape index (κ1) is 20.0. The van der Waals surface area contributed by atoms with Gasteiger partial charge in [0.25, 0.3) is 0 Å². The van der Waals surface area contributed by atoms with Crippen molar-refractivity contribution < 1.29 is 9.47 Å². The smallest absolute Gasteiger partial charge is 0.171 e. The largest absolute Gasteiger partial charge is 0.497 e. The highest BCUT2D eigenvalue weighted by Crippen LogP contribution is 2.29. The molecule has 26 heavy (non-hydrogen) atoms. The first-order valence-corrected chi connectivity index (χ1v) is 9.05. The van der Waals surface area contributed by atoms with Gasteiger partial charge in [-0.3, -0.25) is 0 Å². The molecule has 2 rings (SSSR count). The average Bonchev–Trinajstić information content (AvgIpc) is 2.61. The summed E-state index contributed by atoms with van der Waals surface area (Å²) in [4.78, 5) is 0. The van der Waals surface area contributed by atoms with Crippen LogP contribution in [-0.2, 0) is 5.41 Å². The number of nitrogens with one attached hydrogen (secondary N) is 2. The van der Waals surface area contributed by atoms with E-state index in [2.05, 4.69) is 62.6 Å². The molecule has 4 nitrogen and oxygen atoms in total. The number of anilines is 1. The van der Waals surface area contributed by atoms with Crippen LogP contribution in [-0.4, -0.2) is 19.3 Å². The molecule has 0 fully saturated rings. The number of thiocarbonyl (C=S) groups is 1. The van der Waals surface area contributed by atoms with Gasteiger partial charge in [0.15, 0.2) is 5.11 Å². The van der Waals surface area contributed by atoms with Crippen LogP contribution in [0.1, 0.15) is 44.9 Å². The number of benzene rings is 2. The summed E-state index contributed by atoms with van der Waals surface area (Å²) < 4.78 is 10.6. The molecule has 0 saturated carbocycles. The zero-order chi connectivity index (χ0) is 19.3. The Morgan fingerprint density at radius 3 is 2.19 bits per heavy atom. The van der Waals surface area contributed by atoms with Crippen LogP contribution >= 0.6 is 12.2 Å². The van der Waals surface area contributed by atoms with E-state index in [1.54, 1.807) is 14.2 Å². The van der Waals surface area contributed by atoms with Gasteiger partial charge in [-0.2, -0.15) is 0 Å². The second-order valence-electron chi connectivity index (χ2n) is 7.26. The molecule has 0 aliphatic carbocycles. The van der Waals surface area contributed by atoms with Crippen molar-refractivity contribution in [2.24, 2.45) is 0 Å². The van der Waals surface area contributed by atoms with E-state index in [0.29, 0.717) is 10.9 Å². The molecule has 0 radical (unpaired) electrons. The maximum atomic E-state index is 5.46. The fourth-order valence-electron chi connectivity index (χ4n) is 2.61. The van der Waals surface area contributed by atoms with E-state index >= 15 is 0 Å². The number of hydrogen-bond acceptors (Lipinski definition) is 3. The van der Waals surface area contributed by atoms with Crippen LogP contribution in [0.25, 0.3) is 0 Å². The van der Waals surface area contributed by atoms with E-state index in [1.165, 1.54) is 11.1 Å². The van der Waals surface area contributed by atoms with Gasteiger partial charge in [-0.05, 0) is 47.8 Å². The lowest BCUT2D eigenvalue weighted by atomic mass is 9.86. The van der Waals surface area contributed by atoms with Crippen molar-refractivity contribution in [3.8, 4) is 11.5 Å². The van der Waals surface area contributed by atoms with E-state index in [-0.39, 0.29) is 11.5 Å². The lowest BCUT2D eigenvalue weighted by Gasteiger charge is -2.22. The summed E-state index contributed by atoms with van der Waals surface area (Å²) in [6.45, 7) is 8.73. The third kappa shape index (κ3) is 5.11. The monoisotopic (exact) mass is 372 g/mol. The highest BCUT2D eigenvalue weighted by atomic mass is 32.1. The van der Waals surface area contributed by atoms with E-state index < -0.39 is 0 Å². The van der Waals surface area contributed by atoms with E-state index in [1.807, 2.05) is 18.2 Å². The summed E-state index contributed by atoms with van der Waals surface area (Å²) in [5.74, 6) is 1.41. The fourth-order valence-corrected chi connectivity index (χ4v) is 2.90. The third-order valence-electron chi connectivity index (χ3n) is 4.28. The molecule has 0 aliphatic heterocycles. The van der Waals surface area contributed by atoms with Gasteiger partial charge in [0.2, 0.25) is 0 Å². The van der Waals surface area contributed by atoms with Gasteiger partial charge in [0, 0.05) is 6.07 Å². The Labute approximate surface area is 161 Å². The predicted molar refractivity (Wildman–Crippen MR) is 112 cm³/mol. The quantitative estimate of drug-likeness (QED) is 0.719. The number of rotatable bonds is 5. The minimum absolute atomic E-state index is 0.0910. The van der Waals surface area contributed by atoms with Crippen LogP contribution in [0.5, 0.6) is 11.5 Å². The van der Waals surface area contributed by atoms with Gasteiger partial charge in [0.05, 0.1) is 25.9 Å². The molecule has 2 aromatic rings. The maximum Gasteiger partial charge on any atom is 0.171 e. The molecule has 0 spiro atoms. The first-order chi connectivity index (χ1) is 12.2. The van der Waals surface area contributed by atoms with Gasteiger partial charge < -0.3 is 20.1 Å². The van der Waals surface area contributed by atoms with Crippen LogP contribution in [0.15, 0.2) is 42.5 Å². The first-order valence-electron chi connectivity index (χ1n) is 8.64. The molecule has 0 amide bonds. The van der Waals surface area contributed by atoms with Crippen LogP contribution in [0.4, 0.5) is 5.69 Å². The molecule has 1 unspecified atom stereocenters. The second-order valence-corrected chi connectivity index (χ2v) is 7.67. The Bertz CT molecular complexity index is 752. The molecule has 140 valence electrons. The van der Waals surface area contributed by atoms with Crippen LogP contribution in [0.2, 0.25) is 0 Å². The molecule has 0 saturated heterocycles. The van der Waals surface area contributed by atoms with Crippen molar-refractivity contribution >= 4 is 23.0 Å². The molecule has 0 heterocycles. The molecule has 5 heteroatoms. The summed E-state index contributed by atoms with van der Waals surface area (Å²) >= 11 is 5.46. The Morgan fingerprint density at radius 1 is 1.00 bits per heavy atom. The van der Waals surface area contributed by atoms with Gasteiger partial charge in [-0.25, -0.2) is 0 Å². The molecule has 0 bridgehead atoms. The van der Waals surface area contributed by atoms with Gasteiger partial charge in [-0.15, -0.1) is 0 Å². The molecular formula is C21H28N2O2S. The molecule has 0 aromatic heterocycles. The van der Waals surface area contributed by atoms with Crippen molar-refractivity contribution in [3.05, 3.63) is 53.6 Å². The van der Waals surface area contributed by atoms with E-state index in [9.17, 15) is 0 Å². The summed E-state index contributed by atoms with van der Waals surface area (Å²) in [5, 5.41) is 7.05. The maximum absolute atomic E-state index is 5.46. The SMILES string of the molecule is COc1ccc(NC(=S)NC(C)c2ccc(C(C)(C)C)cc2)c(OC)c1. The summed E-state index contributed by atoms with van der Waals surface area (Å²) in [5.41, 5.74) is 3.44. The zero-order valence-electron chi connectivity index (χ0n) is 16.3. The Balaban J connectivity index is 2.03. The molecule has 2 aromatic carbocycles. The number of methoxy groups -OCH3 is 2. The zero-order valence-corrected chi connectivity index (χ0v) is 17.2. The van der Waals surface area contributed by atoms with Gasteiger partial charge in [-0.1, -0.05) is 45.0 Å². The Kier molecular flexibility index (Phi) is 6.48. The molecule has 2 N–H and O–H groups in total. The normalized spacial score (nSPS) is 12.2. The van der Waals surface area contributed by atoms with E-state index in [0.717, 1.165) is 11.4 Å². The Hall–Kier alpha value is -2.27. The van der Waals surface area contributed by atoms with E-state index in [4.69, 9.17) is 21.7 Å². The van der Waals surface area contributed by atoms with Gasteiger partial charge >= 0.3 is 0 Å². The topological polar surface area (TPSA) is 42.5 Å². The van der Waals surface area contributed by atoms with Crippen molar-refractivity contribution in [1.82, 2.24) is 5.32 Å². The number of hydrogen-bond donors (Lipinski definition) is 2. The molecule has 0 aliphatic rings. The molecular weight excluding hydrogens is 344 g/mol. The molecule has 1 atom stereocenters. The minimum atomic E-state index is 0.0910. The summed E-state index contributed by atoms with van der Waals surface area (Å²) in [6.07, 6.45) is 0. The minimum Gasteiger partial charge on any atom is -0.497 e. The highest BCUT2D eigenvalue weighted by Gasteiger charge is 2.15. The third-order valence-corrected chi connectivity index (χ3v) is 4.50. The van der Waals surface area contributed by atoms with Gasteiger partial charge in [0.1, 0.15) is 11.5 Å². The van der Waals surface area contributed by atoms with Crippen molar-refractivity contribution in [2.45, 2.75) is 39.2 Å². The van der Waals surface area contributed by atoms with Crippen molar-refractivity contribution in [3.63, 3.8) is 0 Å². The Morgan fingerprint density at radius 2 is 1.65 bits per heavy atom. The number of ether oxygens (including phenoxy) is 2. The fraction of sp³-hybridized carbons (Fsp3) is 0.381.